The van der Waals surface area contributed by atoms with Crippen molar-refractivity contribution in [2.24, 2.45) is 11.8 Å². The lowest BCUT2D eigenvalue weighted by Crippen LogP contribution is -2.60. The molecule has 1 aliphatic carbocycles. The average molecular weight is 501 g/mol. The second-order valence-corrected chi connectivity index (χ2v) is 12.0. The molecule has 1 aromatic carbocycles. The van der Waals surface area contributed by atoms with Crippen LogP contribution < -0.4 is 5.63 Å². The number of fused-ring (bicyclic) bond motifs is 9. The van der Waals surface area contributed by atoms with Crippen molar-refractivity contribution in [3.63, 3.8) is 0 Å². The molecule has 6 heteroatoms. The molecule has 0 radical (unpaired) electrons. The van der Waals surface area contributed by atoms with Crippen LogP contribution in [0.1, 0.15) is 60.8 Å². The minimum Gasteiger partial charge on any atom is -0.463 e. The Labute approximate surface area is 217 Å². The van der Waals surface area contributed by atoms with Crippen LogP contribution in [0, 0.1) is 32.6 Å². The molecule has 194 valence electrons. The van der Waals surface area contributed by atoms with E-state index in [2.05, 4.69) is 15.9 Å². The van der Waals surface area contributed by atoms with Gasteiger partial charge in [0.15, 0.2) is 0 Å². The molecule has 3 aromatic rings. The summed E-state index contributed by atoms with van der Waals surface area (Å²) in [6, 6.07) is 2.78. The molecule has 4 aliphatic rings. The van der Waals surface area contributed by atoms with E-state index in [9.17, 15) is 9.59 Å². The molecule has 2 aromatic heterocycles. The van der Waals surface area contributed by atoms with Crippen molar-refractivity contribution < 1.29 is 13.6 Å². The van der Waals surface area contributed by atoms with Crippen LogP contribution in [0.15, 0.2) is 37.6 Å². The smallest absolute Gasteiger partial charge is 0.340 e. The molecule has 3 aliphatic heterocycles. The van der Waals surface area contributed by atoms with Gasteiger partial charge in [0.1, 0.15) is 11.2 Å². The number of rotatable bonds is 2. The Morgan fingerprint density at radius 1 is 1.08 bits per heavy atom. The molecule has 6 nitrogen and oxygen atoms in total. The molecule has 0 N–H and O–H groups in total. The van der Waals surface area contributed by atoms with Crippen molar-refractivity contribution in [3.05, 3.63) is 56.7 Å². The van der Waals surface area contributed by atoms with Crippen molar-refractivity contribution in [3.8, 4) is 0 Å². The van der Waals surface area contributed by atoms with Crippen LogP contribution in [0.3, 0.4) is 0 Å². The maximum atomic E-state index is 13.9. The molecular weight excluding hydrogens is 464 g/mol. The van der Waals surface area contributed by atoms with Gasteiger partial charge in [-0.2, -0.15) is 0 Å². The third-order valence-electron chi connectivity index (χ3n) is 9.77. The molecular formula is C31H36N2O4. The van der Waals surface area contributed by atoms with Crippen LogP contribution in [-0.2, 0) is 11.2 Å². The van der Waals surface area contributed by atoms with E-state index in [0.717, 1.165) is 59.0 Å². The van der Waals surface area contributed by atoms with E-state index in [4.69, 9.17) is 8.83 Å². The Bertz CT molecular complexity index is 1510. The minimum atomic E-state index is -0.411. The lowest BCUT2D eigenvalue weighted by molar-refractivity contribution is -0.135. The lowest BCUT2D eigenvalue weighted by Gasteiger charge is -2.54. The SMILES string of the molecule is Cc1coc2c1c(C)cc1oc(=O)c(CC(=O)N3CCCC4=C[C@H]5C[C@@H](CN6CCCC[C@H]56)[C@@H]43)c(C)c12. The van der Waals surface area contributed by atoms with E-state index < -0.39 is 5.63 Å². The van der Waals surface area contributed by atoms with Gasteiger partial charge < -0.3 is 13.7 Å². The highest BCUT2D eigenvalue weighted by Gasteiger charge is 2.47. The Morgan fingerprint density at radius 3 is 2.81 bits per heavy atom. The molecule has 7 rings (SSSR count). The number of likely N-dealkylation sites (tertiary alicyclic amines) is 1. The Balaban J connectivity index is 1.24. The van der Waals surface area contributed by atoms with Crippen molar-refractivity contribution in [1.29, 1.82) is 0 Å². The molecule has 2 bridgehead atoms. The second-order valence-electron chi connectivity index (χ2n) is 12.0. The number of aryl methyl sites for hydroxylation is 3. The average Bonchev–Trinajstić information content (AvgIpc) is 3.27. The number of amides is 1. The van der Waals surface area contributed by atoms with Gasteiger partial charge in [-0.15, -0.1) is 0 Å². The summed E-state index contributed by atoms with van der Waals surface area (Å²) >= 11 is 0. The molecule has 37 heavy (non-hydrogen) atoms. The third kappa shape index (κ3) is 3.55. The second kappa shape index (κ2) is 8.59. The van der Waals surface area contributed by atoms with Gasteiger partial charge in [0.25, 0.3) is 0 Å². The normalized spacial score (nSPS) is 27.8. The summed E-state index contributed by atoms with van der Waals surface area (Å²) in [5.41, 5.74) is 5.66. The number of carbonyl (C=O) groups excluding carboxylic acids is 1. The quantitative estimate of drug-likeness (QED) is 0.347. The van der Waals surface area contributed by atoms with E-state index in [1.165, 1.54) is 37.8 Å². The Kier molecular flexibility index (Phi) is 5.40. The molecule has 4 atom stereocenters. The Hall–Kier alpha value is -2.86. The zero-order valence-electron chi connectivity index (χ0n) is 22.1. The number of carbonyl (C=O) groups is 1. The summed E-state index contributed by atoms with van der Waals surface area (Å²) in [7, 11) is 0. The van der Waals surface area contributed by atoms with E-state index >= 15 is 0 Å². The van der Waals surface area contributed by atoms with Crippen LogP contribution in [0.5, 0.6) is 0 Å². The summed E-state index contributed by atoms with van der Waals surface area (Å²) in [4.78, 5) is 31.9. The number of nitrogens with zero attached hydrogens (tertiary/aromatic N) is 2. The first-order valence-electron chi connectivity index (χ1n) is 14.1. The topological polar surface area (TPSA) is 66.9 Å². The van der Waals surface area contributed by atoms with Gasteiger partial charge in [-0.25, -0.2) is 4.79 Å². The van der Waals surface area contributed by atoms with Gasteiger partial charge in [-0.1, -0.05) is 18.1 Å². The zero-order chi connectivity index (χ0) is 25.4. The van der Waals surface area contributed by atoms with E-state index in [1.54, 1.807) is 6.26 Å². The standard InChI is InChI=1S/C31H36N2O4/c1-17-11-25-28(30-27(17)18(2)16-36-30)19(3)23(31(35)37-25)14-26(34)33-10-6-7-20-12-21-13-22(29(20)33)15-32-9-5-4-8-24(21)32/h11-12,16,21-22,24,29H,4-10,13-15H2,1-3H3/t21-,22-,24+,29+/m0/s1. The van der Waals surface area contributed by atoms with Crippen LogP contribution in [0.2, 0.25) is 0 Å². The van der Waals surface area contributed by atoms with E-state index in [0.29, 0.717) is 29.0 Å². The highest BCUT2D eigenvalue weighted by molar-refractivity contribution is 6.07. The molecule has 3 fully saturated rings. The summed E-state index contributed by atoms with van der Waals surface area (Å²) in [6.07, 6.45) is 11.6. The van der Waals surface area contributed by atoms with Crippen LogP contribution in [0.25, 0.3) is 21.9 Å². The van der Waals surface area contributed by atoms with E-state index in [1.807, 2.05) is 26.8 Å². The monoisotopic (exact) mass is 500 g/mol. The predicted octanol–water partition coefficient (Wildman–Crippen LogP) is 5.43. The maximum absolute atomic E-state index is 13.9. The fourth-order valence-corrected chi connectivity index (χ4v) is 8.18. The number of benzene rings is 1. The first-order chi connectivity index (χ1) is 17.9. The van der Waals surface area contributed by atoms with Gasteiger partial charge in [0, 0.05) is 24.5 Å². The first-order valence-corrected chi connectivity index (χ1v) is 14.1. The fourth-order valence-electron chi connectivity index (χ4n) is 8.18. The highest BCUT2D eigenvalue weighted by atomic mass is 16.4. The first kappa shape index (κ1) is 23.3. The largest absolute Gasteiger partial charge is 0.463 e. The summed E-state index contributed by atoms with van der Waals surface area (Å²) in [5.74, 6) is 1.17. The predicted molar refractivity (Wildman–Crippen MR) is 144 cm³/mol. The van der Waals surface area contributed by atoms with Crippen LogP contribution >= 0.6 is 0 Å². The molecule has 0 saturated carbocycles. The van der Waals surface area contributed by atoms with Crippen molar-refractivity contribution in [2.45, 2.75) is 77.8 Å². The van der Waals surface area contributed by atoms with Gasteiger partial charge >= 0.3 is 5.63 Å². The Morgan fingerprint density at radius 2 is 1.95 bits per heavy atom. The maximum Gasteiger partial charge on any atom is 0.340 e. The lowest BCUT2D eigenvalue weighted by atomic mass is 9.68. The number of hydrogen-bond acceptors (Lipinski definition) is 5. The zero-order valence-corrected chi connectivity index (χ0v) is 22.1. The number of hydrogen-bond donors (Lipinski definition) is 0. The number of furan rings is 1. The summed E-state index contributed by atoms with van der Waals surface area (Å²) in [5, 5.41) is 1.86. The third-order valence-corrected chi connectivity index (χ3v) is 9.77. The molecule has 3 saturated heterocycles. The van der Waals surface area contributed by atoms with Gasteiger partial charge in [-0.3, -0.25) is 9.69 Å². The molecule has 0 spiro atoms. The molecule has 0 unspecified atom stereocenters. The van der Waals surface area contributed by atoms with Gasteiger partial charge in [0.05, 0.1) is 29.7 Å². The highest BCUT2D eigenvalue weighted by Crippen LogP contribution is 2.45. The van der Waals surface area contributed by atoms with Crippen molar-refractivity contribution in [1.82, 2.24) is 9.80 Å². The summed E-state index contributed by atoms with van der Waals surface area (Å²) in [6.45, 7) is 9.02. The van der Waals surface area contributed by atoms with Crippen LogP contribution in [-0.4, -0.2) is 47.4 Å². The van der Waals surface area contributed by atoms with Gasteiger partial charge in [0.2, 0.25) is 5.91 Å². The van der Waals surface area contributed by atoms with E-state index in [-0.39, 0.29) is 18.4 Å². The van der Waals surface area contributed by atoms with Crippen molar-refractivity contribution >= 4 is 27.8 Å². The van der Waals surface area contributed by atoms with Crippen molar-refractivity contribution in [2.75, 3.05) is 19.6 Å². The minimum absolute atomic E-state index is 0.0450. The molecule has 5 heterocycles. The fraction of sp³-hybridized carbons (Fsp3) is 0.548. The molecule has 1 amide bonds. The number of piperidine rings is 3. The summed E-state index contributed by atoms with van der Waals surface area (Å²) < 4.78 is 11.7. The van der Waals surface area contributed by atoms with Crippen LogP contribution in [0.4, 0.5) is 0 Å². The van der Waals surface area contributed by atoms with Gasteiger partial charge in [-0.05, 0) is 94.0 Å².